The summed E-state index contributed by atoms with van der Waals surface area (Å²) in [5.41, 5.74) is 8.64. The molecule has 0 unspecified atom stereocenters. The summed E-state index contributed by atoms with van der Waals surface area (Å²) in [7, 11) is 0. The van der Waals surface area contributed by atoms with E-state index in [2.05, 4.69) is 35.8 Å². The first-order valence-corrected chi connectivity index (χ1v) is 8.08. The predicted molar refractivity (Wildman–Crippen MR) is 85.0 cm³/mol. The van der Waals surface area contributed by atoms with Crippen molar-refractivity contribution in [3.63, 3.8) is 0 Å². The molecule has 0 spiro atoms. The van der Waals surface area contributed by atoms with Crippen LogP contribution in [0.2, 0.25) is 0 Å². The highest BCUT2D eigenvalue weighted by Crippen LogP contribution is 2.30. The topological polar surface area (TPSA) is 38.0 Å². The van der Waals surface area contributed by atoms with E-state index >= 15 is 0 Å². The van der Waals surface area contributed by atoms with Gasteiger partial charge in [-0.3, -0.25) is 0 Å². The number of thiophene rings is 1. The molecule has 0 bridgehead atoms. The third-order valence-electron chi connectivity index (χ3n) is 4.34. The molecule has 2 nitrogen and oxygen atoms in total. The van der Waals surface area contributed by atoms with E-state index in [1.165, 1.54) is 47.0 Å². The maximum Gasteiger partial charge on any atom is 0.0392 e. The first-order valence-electron chi connectivity index (χ1n) is 7.20. The van der Waals surface area contributed by atoms with Gasteiger partial charge in [-0.05, 0) is 67.0 Å². The van der Waals surface area contributed by atoms with E-state index in [0.29, 0.717) is 6.04 Å². The third-order valence-corrected chi connectivity index (χ3v) is 5.39. The second-order valence-corrected chi connectivity index (χ2v) is 6.65. The molecule has 3 heteroatoms. The lowest BCUT2D eigenvalue weighted by atomic mass is 9.86. The summed E-state index contributed by atoms with van der Waals surface area (Å²) in [6.07, 6.45) is 4.92. The Morgan fingerprint density at radius 2 is 2.00 bits per heavy atom. The molecule has 0 amide bonds. The van der Waals surface area contributed by atoms with Crippen LogP contribution in [0.5, 0.6) is 0 Å². The Kier molecular flexibility index (Phi) is 3.76. The highest BCUT2D eigenvalue weighted by Gasteiger charge is 2.18. The summed E-state index contributed by atoms with van der Waals surface area (Å²) in [6, 6.07) is 7.08. The second-order valence-electron chi connectivity index (χ2n) is 5.74. The Morgan fingerprint density at radius 3 is 2.79 bits per heavy atom. The molecule has 19 heavy (non-hydrogen) atoms. The average Bonchev–Trinajstić information content (AvgIpc) is 2.89. The van der Waals surface area contributed by atoms with E-state index in [0.717, 1.165) is 12.5 Å². The largest absolute Gasteiger partial charge is 0.385 e. The van der Waals surface area contributed by atoms with E-state index < -0.39 is 0 Å². The van der Waals surface area contributed by atoms with Gasteiger partial charge in [-0.25, -0.2) is 0 Å². The number of nitrogens with one attached hydrogen (secondary N) is 1. The number of benzene rings is 1. The first kappa shape index (κ1) is 12.9. The van der Waals surface area contributed by atoms with E-state index in [-0.39, 0.29) is 0 Å². The maximum atomic E-state index is 5.96. The van der Waals surface area contributed by atoms with Gasteiger partial charge in [-0.1, -0.05) is 6.07 Å². The molecule has 1 fully saturated rings. The van der Waals surface area contributed by atoms with Crippen molar-refractivity contribution in [2.24, 2.45) is 11.7 Å². The lowest BCUT2D eigenvalue weighted by Crippen LogP contribution is -2.29. The molecule has 0 aliphatic heterocycles. The van der Waals surface area contributed by atoms with Gasteiger partial charge < -0.3 is 11.1 Å². The van der Waals surface area contributed by atoms with Gasteiger partial charge in [-0.2, -0.15) is 0 Å². The lowest BCUT2D eigenvalue weighted by molar-refractivity contribution is 0.339. The summed E-state index contributed by atoms with van der Waals surface area (Å²) in [6.45, 7) is 3.31. The maximum absolute atomic E-state index is 5.96. The van der Waals surface area contributed by atoms with Crippen LogP contribution in [0.1, 0.15) is 31.2 Å². The van der Waals surface area contributed by atoms with Crippen LogP contribution in [0.25, 0.3) is 10.1 Å². The van der Waals surface area contributed by atoms with Crippen LogP contribution in [0.4, 0.5) is 5.69 Å². The van der Waals surface area contributed by atoms with E-state index in [4.69, 9.17) is 5.73 Å². The van der Waals surface area contributed by atoms with Gasteiger partial charge in [0.05, 0.1) is 0 Å². The van der Waals surface area contributed by atoms with Crippen LogP contribution in [0.3, 0.4) is 0 Å². The number of aryl methyl sites for hydroxylation is 1. The Hall–Kier alpha value is -1.06. The normalized spacial score (nSPS) is 23.7. The molecule has 1 aromatic carbocycles. The van der Waals surface area contributed by atoms with Gasteiger partial charge in [0.2, 0.25) is 0 Å². The molecule has 3 rings (SSSR count). The summed E-state index contributed by atoms with van der Waals surface area (Å²) < 4.78 is 1.41. The van der Waals surface area contributed by atoms with Crippen molar-refractivity contribution in [1.82, 2.24) is 0 Å². The third kappa shape index (κ3) is 2.77. The zero-order valence-corrected chi connectivity index (χ0v) is 12.3. The highest BCUT2D eigenvalue weighted by molar-refractivity contribution is 7.17. The van der Waals surface area contributed by atoms with Gasteiger partial charge >= 0.3 is 0 Å². The SMILES string of the molecule is Cc1c(NC[C@H]2CC[C@H](N)CC2)ccc2ccsc12. The van der Waals surface area contributed by atoms with Gasteiger partial charge in [0, 0.05) is 23.0 Å². The van der Waals surface area contributed by atoms with Gasteiger partial charge in [0.15, 0.2) is 0 Å². The van der Waals surface area contributed by atoms with Crippen molar-refractivity contribution >= 4 is 27.1 Å². The Bertz CT molecular complexity index is 553. The van der Waals surface area contributed by atoms with Crippen LogP contribution < -0.4 is 11.1 Å². The van der Waals surface area contributed by atoms with E-state index in [9.17, 15) is 0 Å². The zero-order chi connectivity index (χ0) is 13.2. The van der Waals surface area contributed by atoms with Crippen LogP contribution >= 0.6 is 11.3 Å². The van der Waals surface area contributed by atoms with Crippen LogP contribution in [0, 0.1) is 12.8 Å². The smallest absolute Gasteiger partial charge is 0.0392 e. The minimum atomic E-state index is 0.445. The summed E-state index contributed by atoms with van der Waals surface area (Å²) in [5.74, 6) is 0.790. The number of anilines is 1. The van der Waals surface area contributed by atoms with Crippen molar-refractivity contribution in [3.05, 3.63) is 29.1 Å². The number of hydrogen-bond donors (Lipinski definition) is 2. The first-order chi connectivity index (χ1) is 9.24. The van der Waals surface area contributed by atoms with Crippen LogP contribution in [-0.2, 0) is 0 Å². The van der Waals surface area contributed by atoms with Crippen molar-refractivity contribution in [3.8, 4) is 0 Å². The Labute approximate surface area is 119 Å². The molecule has 0 saturated heterocycles. The number of hydrogen-bond acceptors (Lipinski definition) is 3. The Morgan fingerprint density at radius 1 is 1.21 bits per heavy atom. The molecule has 1 aromatic heterocycles. The minimum Gasteiger partial charge on any atom is -0.385 e. The van der Waals surface area contributed by atoms with Gasteiger partial charge in [0.25, 0.3) is 0 Å². The Balaban J connectivity index is 1.66. The van der Waals surface area contributed by atoms with E-state index in [1.807, 2.05) is 11.3 Å². The van der Waals surface area contributed by atoms with Crippen molar-refractivity contribution < 1.29 is 0 Å². The monoisotopic (exact) mass is 274 g/mol. The van der Waals surface area contributed by atoms with Gasteiger partial charge in [-0.15, -0.1) is 11.3 Å². The minimum absolute atomic E-state index is 0.445. The predicted octanol–water partition coefficient (Wildman–Crippen LogP) is 4.14. The lowest BCUT2D eigenvalue weighted by Gasteiger charge is -2.26. The van der Waals surface area contributed by atoms with Crippen molar-refractivity contribution in [2.75, 3.05) is 11.9 Å². The average molecular weight is 274 g/mol. The molecule has 1 aliphatic carbocycles. The van der Waals surface area contributed by atoms with E-state index in [1.54, 1.807) is 0 Å². The standard InChI is InChI=1S/C16H22N2S/c1-11-15(7-4-13-8-9-19-16(11)13)18-10-12-2-5-14(17)6-3-12/h4,7-9,12,14,18H,2-3,5-6,10,17H2,1H3/t12-,14-. The molecule has 0 radical (unpaired) electrons. The number of fused-ring (bicyclic) bond motifs is 1. The molecule has 1 aliphatic rings. The molecular formula is C16H22N2S. The molecule has 2 aromatic rings. The summed E-state index contributed by atoms with van der Waals surface area (Å²) in [5, 5.41) is 7.17. The second kappa shape index (κ2) is 5.51. The van der Waals surface area contributed by atoms with Crippen LogP contribution in [0.15, 0.2) is 23.6 Å². The van der Waals surface area contributed by atoms with Gasteiger partial charge in [0.1, 0.15) is 0 Å². The molecule has 0 atom stereocenters. The molecule has 1 saturated carbocycles. The quantitative estimate of drug-likeness (QED) is 0.883. The van der Waals surface area contributed by atoms with Crippen molar-refractivity contribution in [1.29, 1.82) is 0 Å². The highest BCUT2D eigenvalue weighted by atomic mass is 32.1. The van der Waals surface area contributed by atoms with Crippen molar-refractivity contribution in [2.45, 2.75) is 38.6 Å². The molecule has 3 N–H and O–H groups in total. The fourth-order valence-corrected chi connectivity index (χ4v) is 3.92. The fourth-order valence-electron chi connectivity index (χ4n) is 3.01. The molecule has 102 valence electrons. The number of rotatable bonds is 3. The van der Waals surface area contributed by atoms with Crippen LogP contribution in [-0.4, -0.2) is 12.6 Å². The molecule has 1 heterocycles. The summed E-state index contributed by atoms with van der Waals surface area (Å²) in [4.78, 5) is 0. The number of nitrogens with two attached hydrogens (primary N) is 1. The fraction of sp³-hybridized carbons (Fsp3) is 0.500. The summed E-state index contributed by atoms with van der Waals surface area (Å²) >= 11 is 1.83. The molecular weight excluding hydrogens is 252 g/mol. The zero-order valence-electron chi connectivity index (χ0n) is 11.5.